The van der Waals surface area contributed by atoms with Crippen molar-refractivity contribution in [1.82, 2.24) is 20.0 Å². The van der Waals surface area contributed by atoms with Crippen LogP contribution >= 0.6 is 0 Å². The summed E-state index contributed by atoms with van der Waals surface area (Å²) in [5.41, 5.74) is 1.04. The molecule has 2 unspecified atom stereocenters. The third-order valence-corrected chi connectivity index (χ3v) is 19.1. The van der Waals surface area contributed by atoms with Crippen LogP contribution in [0.5, 0.6) is 0 Å². The van der Waals surface area contributed by atoms with Crippen LogP contribution in [0.15, 0.2) is 54.6 Å². The minimum atomic E-state index is -1.24. The molecule has 10 nitrogen and oxygen atoms in total. The van der Waals surface area contributed by atoms with E-state index >= 15 is 0 Å². The van der Waals surface area contributed by atoms with Gasteiger partial charge in [-0.1, -0.05) is 30.3 Å². The summed E-state index contributed by atoms with van der Waals surface area (Å²) in [6.07, 6.45) is 6.07. The zero-order valence-corrected chi connectivity index (χ0v) is 44.4. The molecule has 0 aromatic heterocycles. The molecule has 4 heterocycles. The van der Waals surface area contributed by atoms with E-state index in [4.69, 9.17) is 4.74 Å². The van der Waals surface area contributed by atoms with Gasteiger partial charge in [0.2, 0.25) is 11.8 Å². The van der Waals surface area contributed by atoms with E-state index in [9.17, 15) is 49.1 Å². The van der Waals surface area contributed by atoms with Crippen molar-refractivity contribution >= 4 is 39.5 Å². The molecular formula is C54H72F6N4O6S2. The first-order valence-electron chi connectivity index (χ1n) is 25.1. The number of rotatable bonds is 16. The molecule has 0 aliphatic carbocycles. The summed E-state index contributed by atoms with van der Waals surface area (Å²) in [6, 6.07) is 12.4. The third kappa shape index (κ3) is 14.5. The van der Waals surface area contributed by atoms with E-state index in [1.54, 1.807) is 7.05 Å². The second-order valence-corrected chi connectivity index (χ2v) is 26.7. The molecule has 10 atom stereocenters. The Labute approximate surface area is 426 Å². The van der Waals surface area contributed by atoms with E-state index in [0.29, 0.717) is 43.0 Å². The van der Waals surface area contributed by atoms with E-state index in [-0.39, 0.29) is 96.8 Å². The predicted molar refractivity (Wildman–Crippen MR) is 268 cm³/mol. The molecule has 72 heavy (non-hydrogen) atoms. The molecular weight excluding hydrogens is 979 g/mol. The third-order valence-electron chi connectivity index (χ3n) is 14.9. The van der Waals surface area contributed by atoms with Gasteiger partial charge < -0.3 is 24.8 Å². The molecule has 3 aromatic carbocycles. The highest BCUT2D eigenvalue weighted by Gasteiger charge is 2.47. The van der Waals surface area contributed by atoms with Gasteiger partial charge in [-0.25, -0.2) is 31.1 Å². The topological polar surface area (TPSA) is 116 Å². The van der Waals surface area contributed by atoms with Crippen molar-refractivity contribution in [2.75, 3.05) is 38.7 Å². The number of carbonyl (C=O) groups excluding carboxylic acids is 3. The van der Waals surface area contributed by atoms with Crippen molar-refractivity contribution < 1.29 is 53.9 Å². The van der Waals surface area contributed by atoms with Crippen LogP contribution in [0.3, 0.4) is 0 Å². The number of carbonyl (C=O) groups is 3. The van der Waals surface area contributed by atoms with Crippen molar-refractivity contribution in [1.29, 1.82) is 0 Å². The molecule has 0 saturated carbocycles. The Balaban J connectivity index is 0.000000245. The van der Waals surface area contributed by atoms with Crippen LogP contribution in [-0.4, -0.2) is 113 Å². The number of likely N-dealkylation sites (N-methyl/N-ethyl adjacent to an activating group) is 2. The van der Waals surface area contributed by atoms with Gasteiger partial charge in [0.25, 0.3) is 0 Å². The van der Waals surface area contributed by atoms with Gasteiger partial charge >= 0.3 is 6.09 Å². The maximum absolute atomic E-state index is 14.6. The minimum absolute atomic E-state index is 0.0314. The monoisotopic (exact) mass is 1050 g/mol. The molecule has 0 spiro atoms. The lowest BCUT2D eigenvalue weighted by atomic mass is 9.78. The lowest BCUT2D eigenvalue weighted by Gasteiger charge is -2.42. The van der Waals surface area contributed by atoms with Crippen LogP contribution in [0.2, 0.25) is 0 Å². The van der Waals surface area contributed by atoms with Gasteiger partial charge in [0.15, 0.2) is 23.3 Å². The van der Waals surface area contributed by atoms with Crippen molar-refractivity contribution in [3.8, 4) is 0 Å². The SMILES string of the molecule is CN(CC(=O)N1[C@@H]2CC[C@H]1CC([C@@H](Cc1cc(F)c(F)cc1F)C[S@@](=O)C(C)(C)C)C2)C(=O)OCc1ccccc1.CNCC(=O)N1[C@@H]2CC[C@H]1CC([C@@H](Cc1cc(F)c(F)cc1F)C[S@@](=O)C(C)(C)C)C2. The first-order chi connectivity index (χ1) is 33.8. The fraction of sp³-hybridized carbons (Fsp3) is 0.611. The molecule has 0 radical (unpaired) electrons. The Morgan fingerprint density at radius 2 is 1.03 bits per heavy atom. The van der Waals surface area contributed by atoms with Crippen molar-refractivity contribution in [3.63, 3.8) is 0 Å². The Bertz CT molecular complexity index is 2410. The quantitative estimate of drug-likeness (QED) is 0.112. The van der Waals surface area contributed by atoms with E-state index in [2.05, 4.69) is 5.32 Å². The van der Waals surface area contributed by atoms with E-state index in [1.807, 2.05) is 81.7 Å². The second kappa shape index (κ2) is 24.4. The van der Waals surface area contributed by atoms with Crippen LogP contribution in [-0.2, 0) is 55.4 Å². The molecule has 3 amide bonds. The Hall–Kier alpha value is -4.29. The van der Waals surface area contributed by atoms with Gasteiger partial charge in [0.1, 0.15) is 24.8 Å². The largest absolute Gasteiger partial charge is 0.445 e. The van der Waals surface area contributed by atoms with Gasteiger partial charge in [0, 0.05) is 85.9 Å². The lowest BCUT2D eigenvalue weighted by molar-refractivity contribution is -0.137. The molecule has 3 aromatic rings. The molecule has 4 aliphatic heterocycles. The van der Waals surface area contributed by atoms with Crippen molar-refractivity contribution in [2.24, 2.45) is 23.7 Å². The number of fused-ring (bicyclic) bond motifs is 4. The highest BCUT2D eigenvalue weighted by Crippen LogP contribution is 2.45. The van der Waals surface area contributed by atoms with Gasteiger partial charge in [-0.05, 0) is 165 Å². The van der Waals surface area contributed by atoms with E-state index in [1.165, 1.54) is 11.9 Å². The molecule has 1 N–H and O–H groups in total. The van der Waals surface area contributed by atoms with Crippen LogP contribution in [0.1, 0.15) is 110 Å². The lowest BCUT2D eigenvalue weighted by Crippen LogP contribution is -2.51. The number of piperidine rings is 2. The van der Waals surface area contributed by atoms with Crippen LogP contribution in [0, 0.1) is 58.6 Å². The zero-order chi connectivity index (χ0) is 52.8. The van der Waals surface area contributed by atoms with Crippen LogP contribution < -0.4 is 5.32 Å². The van der Waals surface area contributed by atoms with E-state index in [0.717, 1.165) is 56.2 Å². The molecule has 398 valence electrons. The minimum Gasteiger partial charge on any atom is -0.445 e. The van der Waals surface area contributed by atoms with Gasteiger partial charge in [-0.2, -0.15) is 0 Å². The summed E-state index contributed by atoms with van der Waals surface area (Å²) in [5, 5.41) is 2.92. The number of amides is 3. The molecule has 4 fully saturated rings. The number of nitrogens with one attached hydrogen (secondary N) is 1. The molecule has 18 heteroatoms. The Morgan fingerprint density at radius 1 is 0.639 bits per heavy atom. The number of nitrogens with zero attached hydrogens (tertiary/aromatic N) is 3. The number of hydrogen-bond donors (Lipinski definition) is 1. The van der Waals surface area contributed by atoms with Gasteiger partial charge in [-0.3, -0.25) is 18.0 Å². The number of halogens is 6. The second-order valence-electron chi connectivity index (χ2n) is 22.2. The number of hydrogen-bond acceptors (Lipinski definition) is 7. The fourth-order valence-corrected chi connectivity index (χ4v) is 13.6. The fourth-order valence-electron chi connectivity index (χ4n) is 11.1. The van der Waals surface area contributed by atoms with E-state index < -0.39 is 72.1 Å². The van der Waals surface area contributed by atoms with Crippen molar-refractivity contribution in [2.45, 2.75) is 146 Å². The number of benzene rings is 3. The average Bonchev–Trinajstić information content (AvgIpc) is 3.74. The number of ether oxygens (including phenoxy) is 1. The molecule has 4 saturated heterocycles. The normalized spacial score (nSPS) is 23.4. The van der Waals surface area contributed by atoms with Crippen molar-refractivity contribution in [3.05, 3.63) is 106 Å². The van der Waals surface area contributed by atoms with Crippen LogP contribution in [0.4, 0.5) is 31.1 Å². The smallest absolute Gasteiger partial charge is 0.410 e. The first kappa shape index (κ1) is 57.0. The summed E-state index contributed by atoms with van der Waals surface area (Å²) in [4.78, 5) is 43.5. The van der Waals surface area contributed by atoms with Gasteiger partial charge in [0.05, 0.1) is 6.54 Å². The maximum Gasteiger partial charge on any atom is 0.410 e. The zero-order valence-electron chi connectivity index (χ0n) is 42.8. The summed E-state index contributed by atoms with van der Waals surface area (Å²) in [5.74, 6) is -5.77. The molecule has 7 rings (SSSR count). The first-order valence-corrected chi connectivity index (χ1v) is 27.7. The average molecular weight is 1050 g/mol. The summed E-state index contributed by atoms with van der Waals surface area (Å²) in [6.45, 7) is 11.7. The van der Waals surface area contributed by atoms with Crippen LogP contribution in [0.25, 0.3) is 0 Å². The maximum atomic E-state index is 14.6. The molecule has 4 aliphatic rings. The standard InChI is InChI=1S/C31H39F3N2O4S.C23H33F3N2O2S/c1-31(2,3)41(39)19-23(12-22-15-27(33)28(34)16-26(22)32)21-13-24-10-11-25(14-21)36(24)29(37)17-35(4)30(38)40-18-20-8-6-5-7-9-20;1-23(2,3)31(30)13-16(7-15-10-20(25)21(26)11-19(15)24)14-8-17-5-6-18(9-14)28(17)22(29)12-27-4/h5-9,15-16,21,23-25H,10-14,17-19H2,1-4H3;10-11,14,16-18,27H,5-9,12-13H2,1-4H3/t21?,23-,24-,25+,41+;14?,16-,17-,18+,31+/m00/s1. The summed E-state index contributed by atoms with van der Waals surface area (Å²) < 4.78 is 114. The highest BCUT2D eigenvalue weighted by atomic mass is 32.2. The Kier molecular flexibility index (Phi) is 19.3. The summed E-state index contributed by atoms with van der Waals surface area (Å²) >= 11 is 0. The Morgan fingerprint density at radius 3 is 1.42 bits per heavy atom. The highest BCUT2D eigenvalue weighted by molar-refractivity contribution is 7.86. The van der Waals surface area contributed by atoms with Gasteiger partial charge in [-0.15, -0.1) is 0 Å². The predicted octanol–water partition coefficient (Wildman–Crippen LogP) is 9.65. The summed E-state index contributed by atoms with van der Waals surface area (Å²) in [7, 11) is 0.887. The molecule has 4 bridgehead atoms.